The van der Waals surface area contributed by atoms with Gasteiger partial charge in [-0.25, -0.2) is 4.79 Å². The summed E-state index contributed by atoms with van der Waals surface area (Å²) in [4.78, 5) is 13.0. The third-order valence-electron chi connectivity index (χ3n) is 5.37. The summed E-state index contributed by atoms with van der Waals surface area (Å²) in [6, 6.07) is 6.97. The van der Waals surface area contributed by atoms with Gasteiger partial charge in [-0.05, 0) is 63.4 Å². The van der Waals surface area contributed by atoms with Crippen LogP contribution in [0.15, 0.2) is 61.0 Å². The molecular weight excluding hydrogens is 474 g/mol. The van der Waals surface area contributed by atoms with Gasteiger partial charge in [0.2, 0.25) is 0 Å². The molecule has 188 valence electrons. The molecule has 1 heterocycles. The van der Waals surface area contributed by atoms with Crippen LogP contribution >= 0.6 is 0 Å². The van der Waals surface area contributed by atoms with Crippen molar-refractivity contribution in [3.8, 4) is 0 Å². The predicted octanol–water partition coefficient (Wildman–Crippen LogP) is 8.02. The molecule has 3 rings (SSSR count). The first-order valence-electron chi connectivity index (χ1n) is 10.7. The first-order valence-corrected chi connectivity index (χ1v) is 10.7. The van der Waals surface area contributed by atoms with Gasteiger partial charge in [0.1, 0.15) is 5.60 Å². The molecule has 3 aromatic rings. The van der Waals surface area contributed by atoms with Crippen molar-refractivity contribution >= 4 is 22.6 Å². The lowest BCUT2D eigenvalue weighted by Crippen LogP contribution is -2.22. The molecule has 1 N–H and O–H groups in total. The van der Waals surface area contributed by atoms with Gasteiger partial charge in [-0.2, -0.15) is 26.3 Å². The van der Waals surface area contributed by atoms with E-state index >= 15 is 0 Å². The number of fused-ring (bicyclic) bond motifs is 1. The van der Waals surface area contributed by atoms with E-state index in [1.807, 2.05) is 20.8 Å². The number of ether oxygens (including phenoxy) is 1. The zero-order valence-electron chi connectivity index (χ0n) is 19.2. The molecule has 0 aliphatic carbocycles. The third-order valence-corrected chi connectivity index (χ3v) is 5.37. The number of amides is 1. The SMILES string of the molecule is C/C=C/OC(C)(C)CCc1cn(C(=O)Nc2cc(C(F)(F)F)cc(C(F)(F)F)c2)c2ccccc12. The Kier molecular flexibility index (Phi) is 7.23. The topological polar surface area (TPSA) is 43.3 Å². The smallest absolute Gasteiger partial charge is 0.416 e. The lowest BCUT2D eigenvalue weighted by Gasteiger charge is -2.24. The Labute approximate surface area is 198 Å². The number of hydrogen-bond donors (Lipinski definition) is 1. The summed E-state index contributed by atoms with van der Waals surface area (Å²) in [5.74, 6) is 0. The number of carbonyl (C=O) groups is 1. The quantitative estimate of drug-likeness (QED) is 0.276. The number of hydrogen-bond acceptors (Lipinski definition) is 2. The van der Waals surface area contributed by atoms with Crippen molar-refractivity contribution in [1.82, 2.24) is 4.57 Å². The molecule has 1 aromatic heterocycles. The minimum absolute atomic E-state index is 0.0103. The molecule has 10 heteroatoms. The number of rotatable bonds is 6. The molecule has 0 radical (unpaired) electrons. The number of benzene rings is 2. The second kappa shape index (κ2) is 9.67. The first-order chi connectivity index (χ1) is 16.2. The van der Waals surface area contributed by atoms with Crippen molar-refractivity contribution in [2.24, 2.45) is 0 Å². The highest BCUT2D eigenvalue weighted by molar-refractivity contribution is 5.99. The number of nitrogens with zero attached hydrogens (tertiary/aromatic N) is 1. The maximum Gasteiger partial charge on any atom is 0.416 e. The minimum atomic E-state index is -5.02. The van der Waals surface area contributed by atoms with Crippen LogP contribution in [0.5, 0.6) is 0 Å². The number of nitrogens with one attached hydrogen (secondary N) is 1. The molecule has 0 bridgehead atoms. The van der Waals surface area contributed by atoms with E-state index in [2.05, 4.69) is 5.32 Å². The van der Waals surface area contributed by atoms with Gasteiger partial charge in [0, 0.05) is 17.3 Å². The molecule has 1 amide bonds. The van der Waals surface area contributed by atoms with E-state index in [-0.39, 0.29) is 6.07 Å². The van der Waals surface area contributed by atoms with E-state index in [9.17, 15) is 31.1 Å². The van der Waals surface area contributed by atoms with Gasteiger partial charge in [0.15, 0.2) is 0 Å². The van der Waals surface area contributed by atoms with Crippen LogP contribution in [0.1, 0.15) is 43.9 Å². The number of aryl methyl sites for hydroxylation is 1. The molecule has 35 heavy (non-hydrogen) atoms. The Morgan fingerprint density at radius 1 is 1.00 bits per heavy atom. The van der Waals surface area contributed by atoms with Gasteiger partial charge < -0.3 is 10.1 Å². The van der Waals surface area contributed by atoms with E-state index < -0.39 is 40.8 Å². The number of allylic oxidation sites excluding steroid dienone is 1. The van der Waals surface area contributed by atoms with Crippen molar-refractivity contribution in [2.45, 2.75) is 51.6 Å². The summed E-state index contributed by atoms with van der Waals surface area (Å²) < 4.78 is 85.9. The van der Waals surface area contributed by atoms with Crippen LogP contribution in [0.25, 0.3) is 10.9 Å². The van der Waals surface area contributed by atoms with E-state index in [4.69, 9.17) is 4.74 Å². The fraction of sp³-hybridized carbons (Fsp3) is 0.320. The molecule has 0 atom stereocenters. The molecule has 0 unspecified atom stereocenters. The summed E-state index contributed by atoms with van der Waals surface area (Å²) in [6.45, 7) is 5.64. The molecule has 0 aliphatic rings. The maximum atomic E-state index is 13.2. The summed E-state index contributed by atoms with van der Waals surface area (Å²) in [5, 5.41) is 2.92. The number of anilines is 1. The summed E-state index contributed by atoms with van der Waals surface area (Å²) >= 11 is 0. The van der Waals surface area contributed by atoms with Crippen molar-refractivity contribution in [3.05, 3.63) is 77.7 Å². The number of halogens is 6. The van der Waals surface area contributed by atoms with Crippen LogP contribution in [0.4, 0.5) is 36.8 Å². The van der Waals surface area contributed by atoms with Crippen molar-refractivity contribution in [2.75, 3.05) is 5.32 Å². The van der Waals surface area contributed by atoms with Gasteiger partial charge in [-0.3, -0.25) is 4.57 Å². The second-order valence-corrected chi connectivity index (χ2v) is 8.61. The third kappa shape index (κ3) is 6.37. The van der Waals surface area contributed by atoms with Gasteiger partial charge in [-0.15, -0.1) is 0 Å². The Bertz CT molecular complexity index is 1210. The summed E-state index contributed by atoms with van der Waals surface area (Å²) in [5.41, 5.74) is -2.88. The number of para-hydroxylation sites is 1. The summed E-state index contributed by atoms with van der Waals surface area (Å²) in [6.07, 6.45) is -4.05. The van der Waals surface area contributed by atoms with Crippen LogP contribution in [0.2, 0.25) is 0 Å². The first kappa shape index (κ1) is 26.2. The van der Waals surface area contributed by atoms with Crippen LogP contribution in [0, 0.1) is 0 Å². The van der Waals surface area contributed by atoms with E-state index in [1.165, 1.54) is 10.8 Å². The summed E-state index contributed by atoms with van der Waals surface area (Å²) in [7, 11) is 0. The van der Waals surface area contributed by atoms with Gasteiger partial charge in [0.25, 0.3) is 0 Å². The van der Waals surface area contributed by atoms with Crippen molar-refractivity contribution in [1.29, 1.82) is 0 Å². The Balaban J connectivity index is 1.94. The van der Waals surface area contributed by atoms with Crippen LogP contribution in [-0.2, 0) is 23.5 Å². The zero-order chi connectivity index (χ0) is 26.0. The van der Waals surface area contributed by atoms with E-state index in [0.717, 1.165) is 10.9 Å². The predicted molar refractivity (Wildman–Crippen MR) is 121 cm³/mol. The number of carbonyl (C=O) groups excluding carboxylic acids is 1. The average Bonchev–Trinajstić information content (AvgIpc) is 3.14. The minimum Gasteiger partial charge on any atom is -0.496 e. The standard InChI is InChI=1S/C25H24F6N2O2/c1-4-11-35-23(2,3)10-9-16-15-33(21-8-6-5-7-20(16)21)22(34)32-19-13-17(24(26,27)28)12-18(14-19)25(29,30)31/h4-8,11-15H,9-10H2,1-3H3,(H,32,34)/b11-4+. The highest BCUT2D eigenvalue weighted by atomic mass is 19.4. The van der Waals surface area contributed by atoms with Gasteiger partial charge in [-0.1, -0.05) is 24.3 Å². The lowest BCUT2D eigenvalue weighted by atomic mass is 9.98. The molecule has 0 saturated carbocycles. The molecule has 0 fully saturated rings. The normalized spacial score (nSPS) is 12.9. The van der Waals surface area contributed by atoms with Crippen molar-refractivity contribution < 1.29 is 35.9 Å². The highest BCUT2D eigenvalue weighted by Gasteiger charge is 2.37. The highest BCUT2D eigenvalue weighted by Crippen LogP contribution is 2.37. The average molecular weight is 498 g/mol. The molecule has 0 aliphatic heterocycles. The maximum absolute atomic E-state index is 13.2. The fourth-order valence-corrected chi connectivity index (χ4v) is 3.58. The monoisotopic (exact) mass is 498 g/mol. The van der Waals surface area contributed by atoms with Gasteiger partial charge >= 0.3 is 18.4 Å². The Morgan fingerprint density at radius 3 is 2.17 bits per heavy atom. The zero-order valence-corrected chi connectivity index (χ0v) is 19.2. The van der Waals surface area contributed by atoms with Crippen molar-refractivity contribution in [3.63, 3.8) is 0 Å². The fourth-order valence-electron chi connectivity index (χ4n) is 3.58. The lowest BCUT2D eigenvalue weighted by molar-refractivity contribution is -0.143. The molecule has 2 aromatic carbocycles. The largest absolute Gasteiger partial charge is 0.496 e. The van der Waals surface area contributed by atoms with Gasteiger partial charge in [0.05, 0.1) is 22.9 Å². The Morgan fingerprint density at radius 2 is 1.60 bits per heavy atom. The molecular formula is C25H24F6N2O2. The van der Waals surface area contributed by atoms with Crippen LogP contribution < -0.4 is 5.32 Å². The van der Waals surface area contributed by atoms with Crippen LogP contribution in [-0.4, -0.2) is 16.2 Å². The molecule has 0 saturated heterocycles. The van der Waals surface area contributed by atoms with E-state index in [0.29, 0.717) is 30.5 Å². The number of alkyl halides is 6. The second-order valence-electron chi connectivity index (χ2n) is 8.61. The van der Waals surface area contributed by atoms with E-state index in [1.54, 1.807) is 36.6 Å². The number of aromatic nitrogens is 1. The molecule has 0 spiro atoms. The molecule has 4 nitrogen and oxygen atoms in total. The van der Waals surface area contributed by atoms with Crippen LogP contribution in [0.3, 0.4) is 0 Å². The Hall–Kier alpha value is -3.43.